The molecule has 0 spiro atoms. The number of carbonyl (C=O) groups excluding carboxylic acids is 1. The maximum absolute atomic E-state index is 13.2. The van der Waals surface area contributed by atoms with E-state index in [0.29, 0.717) is 11.1 Å². The summed E-state index contributed by atoms with van der Waals surface area (Å²) in [6.45, 7) is 0. The summed E-state index contributed by atoms with van der Waals surface area (Å²) >= 11 is 0. The van der Waals surface area contributed by atoms with Gasteiger partial charge in [-0.15, -0.1) is 0 Å². The summed E-state index contributed by atoms with van der Waals surface area (Å²) in [5.74, 6) is -1.69. The first kappa shape index (κ1) is 20.9. The fourth-order valence-electron chi connectivity index (χ4n) is 2.88. The van der Waals surface area contributed by atoms with Crippen LogP contribution in [0.2, 0.25) is 0 Å². The number of amides is 1. The SMILES string of the molecule is O=C(/C=C/c1ccc(-c2ccccc2C(F)(F)F)cc1)Nc1ccccc1C(=O)O. The van der Waals surface area contributed by atoms with E-state index in [9.17, 15) is 22.8 Å². The van der Waals surface area contributed by atoms with Crippen LogP contribution in [0.15, 0.2) is 78.9 Å². The number of benzene rings is 3. The Morgan fingerprint density at radius 3 is 2.17 bits per heavy atom. The maximum Gasteiger partial charge on any atom is 0.417 e. The molecule has 0 aliphatic carbocycles. The van der Waals surface area contributed by atoms with E-state index in [1.54, 1.807) is 36.4 Å². The number of carbonyl (C=O) groups is 2. The van der Waals surface area contributed by atoms with Crippen molar-refractivity contribution in [3.05, 3.63) is 95.6 Å². The minimum Gasteiger partial charge on any atom is -0.478 e. The summed E-state index contributed by atoms with van der Waals surface area (Å²) in [6.07, 6.45) is -1.76. The molecule has 0 aromatic heterocycles. The smallest absolute Gasteiger partial charge is 0.417 e. The van der Waals surface area contributed by atoms with Gasteiger partial charge in [-0.05, 0) is 41.0 Å². The van der Waals surface area contributed by atoms with Crippen molar-refractivity contribution in [2.75, 3.05) is 5.32 Å². The lowest BCUT2D eigenvalue weighted by Crippen LogP contribution is -2.11. The van der Waals surface area contributed by atoms with E-state index in [2.05, 4.69) is 5.32 Å². The van der Waals surface area contributed by atoms with Gasteiger partial charge in [-0.2, -0.15) is 13.2 Å². The van der Waals surface area contributed by atoms with Crippen molar-refractivity contribution in [3.8, 4) is 11.1 Å². The third-order valence-corrected chi connectivity index (χ3v) is 4.30. The van der Waals surface area contributed by atoms with Gasteiger partial charge in [-0.25, -0.2) is 4.79 Å². The molecule has 0 atom stereocenters. The van der Waals surface area contributed by atoms with Gasteiger partial charge in [0.1, 0.15) is 0 Å². The van der Waals surface area contributed by atoms with Gasteiger partial charge in [0.15, 0.2) is 0 Å². The lowest BCUT2D eigenvalue weighted by Gasteiger charge is -2.12. The molecule has 30 heavy (non-hydrogen) atoms. The van der Waals surface area contributed by atoms with E-state index in [4.69, 9.17) is 5.11 Å². The normalized spacial score (nSPS) is 11.4. The number of hydrogen-bond donors (Lipinski definition) is 2. The van der Waals surface area contributed by atoms with Crippen molar-refractivity contribution in [3.63, 3.8) is 0 Å². The number of alkyl halides is 3. The van der Waals surface area contributed by atoms with Gasteiger partial charge in [0.25, 0.3) is 0 Å². The van der Waals surface area contributed by atoms with Crippen LogP contribution in [0.1, 0.15) is 21.5 Å². The molecular weight excluding hydrogens is 395 g/mol. The van der Waals surface area contributed by atoms with Gasteiger partial charge in [0.05, 0.1) is 16.8 Å². The summed E-state index contributed by atoms with van der Waals surface area (Å²) in [7, 11) is 0. The first-order chi connectivity index (χ1) is 14.3. The first-order valence-electron chi connectivity index (χ1n) is 8.84. The maximum atomic E-state index is 13.2. The third-order valence-electron chi connectivity index (χ3n) is 4.30. The van der Waals surface area contributed by atoms with E-state index in [1.807, 2.05) is 0 Å². The van der Waals surface area contributed by atoms with Gasteiger partial charge in [0.2, 0.25) is 5.91 Å². The molecule has 0 unspecified atom stereocenters. The zero-order chi connectivity index (χ0) is 21.7. The second-order valence-corrected chi connectivity index (χ2v) is 6.34. The Morgan fingerprint density at radius 2 is 1.50 bits per heavy atom. The number of nitrogens with one attached hydrogen (secondary N) is 1. The van der Waals surface area contributed by atoms with Crippen LogP contribution in [0, 0.1) is 0 Å². The highest BCUT2D eigenvalue weighted by Gasteiger charge is 2.33. The molecule has 1 amide bonds. The topological polar surface area (TPSA) is 66.4 Å². The number of rotatable bonds is 5. The lowest BCUT2D eigenvalue weighted by atomic mass is 9.98. The zero-order valence-corrected chi connectivity index (χ0v) is 15.5. The number of aromatic carboxylic acids is 1. The summed E-state index contributed by atoms with van der Waals surface area (Å²) in [4.78, 5) is 23.3. The molecule has 7 heteroatoms. The molecule has 0 saturated carbocycles. The van der Waals surface area contributed by atoms with E-state index in [1.165, 1.54) is 42.5 Å². The average molecular weight is 411 g/mol. The largest absolute Gasteiger partial charge is 0.478 e. The zero-order valence-electron chi connectivity index (χ0n) is 15.5. The second-order valence-electron chi connectivity index (χ2n) is 6.34. The van der Waals surface area contributed by atoms with Crippen LogP contribution in [0.3, 0.4) is 0 Å². The highest BCUT2D eigenvalue weighted by molar-refractivity contribution is 6.06. The van der Waals surface area contributed by atoms with Gasteiger partial charge < -0.3 is 10.4 Å². The fraction of sp³-hybridized carbons (Fsp3) is 0.0435. The van der Waals surface area contributed by atoms with Crippen LogP contribution in [-0.2, 0) is 11.0 Å². The standard InChI is InChI=1S/C23H16F3NO3/c24-23(25,26)19-7-3-1-5-17(19)16-12-9-15(10-13-16)11-14-21(28)27-20-8-4-2-6-18(20)22(29)30/h1-14H,(H,27,28)(H,29,30)/b14-11+. The molecule has 0 aliphatic rings. The highest BCUT2D eigenvalue weighted by atomic mass is 19.4. The molecule has 3 aromatic carbocycles. The number of halogens is 3. The monoisotopic (exact) mass is 411 g/mol. The number of carboxylic acid groups (broad SMARTS) is 1. The average Bonchev–Trinajstić information content (AvgIpc) is 2.72. The molecule has 0 fully saturated rings. The number of anilines is 1. The van der Waals surface area contributed by atoms with E-state index in [0.717, 1.165) is 6.07 Å². The lowest BCUT2D eigenvalue weighted by molar-refractivity contribution is -0.137. The second kappa shape index (κ2) is 8.65. The van der Waals surface area contributed by atoms with Crippen LogP contribution in [0.4, 0.5) is 18.9 Å². The van der Waals surface area contributed by atoms with Crippen LogP contribution >= 0.6 is 0 Å². The number of para-hydroxylation sites is 1. The Balaban J connectivity index is 1.75. The van der Waals surface area contributed by atoms with Crippen LogP contribution in [-0.4, -0.2) is 17.0 Å². The van der Waals surface area contributed by atoms with Crippen LogP contribution < -0.4 is 5.32 Å². The molecule has 152 valence electrons. The molecule has 0 aliphatic heterocycles. The third kappa shape index (κ3) is 4.94. The molecular formula is C23H16F3NO3. The van der Waals surface area contributed by atoms with Crippen molar-refractivity contribution in [1.29, 1.82) is 0 Å². The van der Waals surface area contributed by atoms with Crippen molar-refractivity contribution in [2.45, 2.75) is 6.18 Å². The predicted molar refractivity (Wildman–Crippen MR) is 108 cm³/mol. The summed E-state index contributed by atoms with van der Waals surface area (Å²) in [5, 5.41) is 11.6. The van der Waals surface area contributed by atoms with Gasteiger partial charge >= 0.3 is 12.1 Å². The minimum atomic E-state index is -4.46. The van der Waals surface area contributed by atoms with Gasteiger partial charge in [-0.1, -0.05) is 54.6 Å². The Labute approximate surface area is 170 Å². The van der Waals surface area contributed by atoms with Crippen molar-refractivity contribution in [2.24, 2.45) is 0 Å². The summed E-state index contributed by atoms with van der Waals surface area (Å²) < 4.78 is 39.6. The summed E-state index contributed by atoms with van der Waals surface area (Å²) in [5.41, 5.74) is 0.490. The van der Waals surface area contributed by atoms with E-state index < -0.39 is 23.6 Å². The number of carboxylic acids is 1. The molecule has 0 radical (unpaired) electrons. The van der Waals surface area contributed by atoms with Gasteiger partial charge in [0, 0.05) is 6.08 Å². The van der Waals surface area contributed by atoms with Gasteiger partial charge in [-0.3, -0.25) is 4.79 Å². The molecule has 4 nitrogen and oxygen atoms in total. The Morgan fingerprint density at radius 1 is 0.867 bits per heavy atom. The van der Waals surface area contributed by atoms with Crippen molar-refractivity contribution in [1.82, 2.24) is 0 Å². The van der Waals surface area contributed by atoms with E-state index >= 15 is 0 Å². The Kier molecular flexibility index (Phi) is 6.01. The fourth-order valence-corrected chi connectivity index (χ4v) is 2.88. The Bertz CT molecular complexity index is 1100. The Hall–Kier alpha value is -3.87. The first-order valence-corrected chi connectivity index (χ1v) is 8.84. The summed E-state index contributed by atoms with van der Waals surface area (Å²) in [6, 6.07) is 17.6. The highest BCUT2D eigenvalue weighted by Crippen LogP contribution is 2.36. The van der Waals surface area contributed by atoms with Crippen molar-refractivity contribution >= 4 is 23.6 Å². The molecule has 0 bridgehead atoms. The van der Waals surface area contributed by atoms with Crippen LogP contribution in [0.25, 0.3) is 17.2 Å². The van der Waals surface area contributed by atoms with Crippen molar-refractivity contribution < 1.29 is 27.9 Å². The molecule has 0 heterocycles. The number of hydrogen-bond acceptors (Lipinski definition) is 2. The molecule has 2 N–H and O–H groups in total. The quantitative estimate of drug-likeness (QED) is 0.528. The molecule has 0 saturated heterocycles. The van der Waals surface area contributed by atoms with Crippen LogP contribution in [0.5, 0.6) is 0 Å². The molecule has 3 aromatic rings. The minimum absolute atomic E-state index is 0.0352. The predicted octanol–water partition coefficient (Wildman–Crippen LogP) is 5.72. The van der Waals surface area contributed by atoms with E-state index in [-0.39, 0.29) is 16.8 Å². The molecule has 3 rings (SSSR count).